The minimum Gasteiger partial charge on any atom is -0.394 e. The topological polar surface area (TPSA) is 61.4 Å². The standard InChI is InChI=1S/C12H24N2O2S/c1-9(17-3)6-7-13-11(16)14-12(2,8-15)10-4-5-10/h9-10,15H,4-8H2,1-3H3,(H2,13,14,16)/t9-,12+/m1/s1. The Balaban J connectivity index is 2.23. The molecule has 1 rings (SSSR count). The predicted octanol–water partition coefficient (Wildman–Crippen LogP) is 1.59. The molecule has 100 valence electrons. The average Bonchev–Trinajstić information content (AvgIpc) is 3.12. The lowest BCUT2D eigenvalue weighted by atomic mass is 9.97. The van der Waals surface area contributed by atoms with Crippen molar-refractivity contribution in [1.29, 1.82) is 0 Å². The molecule has 0 spiro atoms. The van der Waals surface area contributed by atoms with Crippen LogP contribution >= 0.6 is 11.8 Å². The second kappa shape index (κ2) is 6.50. The van der Waals surface area contributed by atoms with E-state index >= 15 is 0 Å². The fourth-order valence-electron chi connectivity index (χ4n) is 1.80. The number of carbonyl (C=O) groups excluding carboxylic acids is 1. The molecule has 1 saturated carbocycles. The summed E-state index contributed by atoms with van der Waals surface area (Å²) < 4.78 is 0. The summed E-state index contributed by atoms with van der Waals surface area (Å²) in [5.74, 6) is 0.434. The third-order valence-electron chi connectivity index (χ3n) is 3.44. The Morgan fingerprint density at radius 3 is 2.71 bits per heavy atom. The molecule has 5 heteroatoms. The van der Waals surface area contributed by atoms with Gasteiger partial charge in [0.2, 0.25) is 0 Å². The number of aliphatic hydroxyl groups is 1. The molecule has 1 fully saturated rings. The monoisotopic (exact) mass is 260 g/mol. The van der Waals surface area contributed by atoms with Crippen molar-refractivity contribution < 1.29 is 9.90 Å². The average molecular weight is 260 g/mol. The van der Waals surface area contributed by atoms with Crippen molar-refractivity contribution in [2.45, 2.75) is 43.9 Å². The zero-order valence-corrected chi connectivity index (χ0v) is 11.8. The van der Waals surface area contributed by atoms with Crippen LogP contribution in [0.5, 0.6) is 0 Å². The predicted molar refractivity (Wildman–Crippen MR) is 72.3 cm³/mol. The zero-order chi connectivity index (χ0) is 12.9. The lowest BCUT2D eigenvalue weighted by molar-refractivity contribution is 0.155. The van der Waals surface area contributed by atoms with Crippen molar-refractivity contribution in [1.82, 2.24) is 10.6 Å². The molecule has 4 nitrogen and oxygen atoms in total. The van der Waals surface area contributed by atoms with Gasteiger partial charge in [-0.1, -0.05) is 6.92 Å². The molecule has 3 N–H and O–H groups in total. The molecule has 0 aliphatic heterocycles. The highest BCUT2D eigenvalue weighted by Crippen LogP contribution is 2.39. The largest absolute Gasteiger partial charge is 0.394 e. The lowest BCUT2D eigenvalue weighted by Gasteiger charge is -2.28. The van der Waals surface area contributed by atoms with Crippen LogP contribution < -0.4 is 10.6 Å². The second-order valence-electron chi connectivity index (χ2n) is 5.07. The molecule has 0 unspecified atom stereocenters. The number of hydrogen-bond donors (Lipinski definition) is 3. The summed E-state index contributed by atoms with van der Waals surface area (Å²) in [5.41, 5.74) is -0.449. The Morgan fingerprint density at radius 1 is 1.59 bits per heavy atom. The SMILES string of the molecule is CS[C@H](C)CCNC(=O)N[C@@](C)(CO)C1CC1. The van der Waals surface area contributed by atoms with E-state index in [0.717, 1.165) is 19.3 Å². The molecule has 0 aromatic heterocycles. The zero-order valence-electron chi connectivity index (χ0n) is 11.0. The Kier molecular flexibility index (Phi) is 5.59. The van der Waals surface area contributed by atoms with Crippen molar-refractivity contribution in [2.24, 2.45) is 5.92 Å². The van der Waals surface area contributed by atoms with Crippen LogP contribution in [-0.2, 0) is 0 Å². The van der Waals surface area contributed by atoms with Crippen LogP contribution in [0.15, 0.2) is 0 Å². The van der Waals surface area contributed by atoms with Gasteiger partial charge < -0.3 is 15.7 Å². The molecule has 2 atom stereocenters. The van der Waals surface area contributed by atoms with Gasteiger partial charge >= 0.3 is 6.03 Å². The number of nitrogens with one attached hydrogen (secondary N) is 2. The van der Waals surface area contributed by atoms with Gasteiger partial charge in [-0.05, 0) is 38.4 Å². The number of aliphatic hydroxyl groups excluding tert-OH is 1. The maximum atomic E-state index is 11.7. The van der Waals surface area contributed by atoms with Crippen LogP contribution in [0.3, 0.4) is 0 Å². The number of carbonyl (C=O) groups is 1. The third-order valence-corrected chi connectivity index (χ3v) is 4.49. The van der Waals surface area contributed by atoms with Crippen molar-refractivity contribution in [2.75, 3.05) is 19.4 Å². The van der Waals surface area contributed by atoms with Crippen LogP contribution in [0.2, 0.25) is 0 Å². The fraction of sp³-hybridized carbons (Fsp3) is 0.917. The van der Waals surface area contributed by atoms with Crippen LogP contribution in [0, 0.1) is 5.92 Å². The van der Waals surface area contributed by atoms with Gasteiger partial charge in [0, 0.05) is 11.8 Å². The van der Waals surface area contributed by atoms with E-state index in [-0.39, 0.29) is 12.6 Å². The van der Waals surface area contributed by atoms with Gasteiger partial charge in [-0.3, -0.25) is 0 Å². The third kappa shape index (κ3) is 4.76. The van der Waals surface area contributed by atoms with Crippen LogP contribution in [0.1, 0.15) is 33.1 Å². The summed E-state index contributed by atoms with van der Waals surface area (Å²) in [7, 11) is 0. The fourth-order valence-corrected chi connectivity index (χ4v) is 2.16. The molecule has 0 saturated heterocycles. The van der Waals surface area contributed by atoms with E-state index in [1.807, 2.05) is 6.92 Å². The molecule has 0 radical (unpaired) electrons. The van der Waals surface area contributed by atoms with Crippen LogP contribution in [0.4, 0.5) is 4.79 Å². The van der Waals surface area contributed by atoms with Gasteiger partial charge in [0.1, 0.15) is 0 Å². The van der Waals surface area contributed by atoms with Gasteiger partial charge in [0.25, 0.3) is 0 Å². The molecule has 0 aromatic carbocycles. The van der Waals surface area contributed by atoms with Gasteiger partial charge in [-0.2, -0.15) is 11.8 Å². The smallest absolute Gasteiger partial charge is 0.315 e. The quantitative estimate of drug-likeness (QED) is 0.651. The Hall–Kier alpha value is -0.420. The summed E-state index contributed by atoms with van der Waals surface area (Å²) in [6.45, 7) is 4.74. The first kappa shape index (κ1) is 14.6. The van der Waals surface area contributed by atoms with Gasteiger partial charge in [0.05, 0.1) is 12.1 Å². The Labute approximate surface area is 108 Å². The van der Waals surface area contributed by atoms with Gasteiger partial charge in [-0.25, -0.2) is 4.79 Å². The molecule has 0 bridgehead atoms. The van der Waals surface area contributed by atoms with Crippen molar-refractivity contribution >= 4 is 17.8 Å². The molecule has 1 aliphatic rings. The van der Waals surface area contributed by atoms with E-state index in [1.54, 1.807) is 11.8 Å². The van der Waals surface area contributed by atoms with E-state index in [0.29, 0.717) is 17.7 Å². The Bertz CT molecular complexity index is 259. The summed E-state index contributed by atoms with van der Waals surface area (Å²) >= 11 is 1.80. The maximum absolute atomic E-state index is 11.7. The first-order valence-corrected chi connectivity index (χ1v) is 7.50. The highest BCUT2D eigenvalue weighted by atomic mass is 32.2. The minimum atomic E-state index is -0.449. The van der Waals surface area contributed by atoms with Crippen molar-refractivity contribution in [3.63, 3.8) is 0 Å². The van der Waals surface area contributed by atoms with Gasteiger partial charge in [-0.15, -0.1) is 0 Å². The minimum absolute atomic E-state index is 0.00625. The van der Waals surface area contributed by atoms with Crippen LogP contribution in [-0.4, -0.2) is 41.3 Å². The Morgan fingerprint density at radius 2 is 2.24 bits per heavy atom. The van der Waals surface area contributed by atoms with E-state index in [4.69, 9.17) is 0 Å². The van der Waals surface area contributed by atoms with Crippen LogP contribution in [0.25, 0.3) is 0 Å². The molecule has 2 amide bonds. The highest BCUT2D eigenvalue weighted by Gasteiger charge is 2.42. The molecular formula is C12H24N2O2S. The summed E-state index contributed by atoms with van der Waals surface area (Å²) in [6.07, 6.45) is 5.23. The second-order valence-corrected chi connectivity index (χ2v) is 6.34. The summed E-state index contributed by atoms with van der Waals surface area (Å²) in [4.78, 5) is 11.7. The van der Waals surface area contributed by atoms with E-state index in [9.17, 15) is 9.90 Å². The number of rotatable bonds is 7. The number of hydrogen-bond acceptors (Lipinski definition) is 3. The molecule has 1 aliphatic carbocycles. The molecular weight excluding hydrogens is 236 g/mol. The van der Waals surface area contributed by atoms with E-state index in [1.165, 1.54) is 0 Å². The number of thioether (sulfide) groups is 1. The summed E-state index contributed by atoms with van der Waals surface area (Å²) in [6, 6.07) is -0.165. The van der Waals surface area contributed by atoms with E-state index in [2.05, 4.69) is 23.8 Å². The van der Waals surface area contributed by atoms with Crippen molar-refractivity contribution in [3.8, 4) is 0 Å². The first-order chi connectivity index (χ1) is 8.01. The summed E-state index contributed by atoms with van der Waals surface area (Å²) in [5, 5.41) is 15.6. The highest BCUT2D eigenvalue weighted by molar-refractivity contribution is 7.99. The number of amides is 2. The normalized spacial score (nSPS) is 20.5. The molecule has 0 heterocycles. The van der Waals surface area contributed by atoms with Crippen molar-refractivity contribution in [3.05, 3.63) is 0 Å². The maximum Gasteiger partial charge on any atom is 0.315 e. The van der Waals surface area contributed by atoms with E-state index < -0.39 is 5.54 Å². The molecule has 0 aromatic rings. The van der Waals surface area contributed by atoms with Gasteiger partial charge in [0.15, 0.2) is 0 Å². The lowest BCUT2D eigenvalue weighted by Crippen LogP contribution is -2.54. The molecule has 17 heavy (non-hydrogen) atoms. The first-order valence-electron chi connectivity index (χ1n) is 6.21. The number of urea groups is 1.